The van der Waals surface area contributed by atoms with Gasteiger partial charge in [0, 0.05) is 6.42 Å². The lowest BCUT2D eigenvalue weighted by Gasteiger charge is -2.04. The van der Waals surface area contributed by atoms with Gasteiger partial charge in [-0.1, -0.05) is 61.5 Å². The Bertz CT molecular complexity index is 748. The molecule has 1 aliphatic carbocycles. The zero-order valence-corrected chi connectivity index (χ0v) is 12.6. The van der Waals surface area contributed by atoms with Gasteiger partial charge in [-0.3, -0.25) is 0 Å². The molecule has 110 valence electrons. The molecule has 3 aromatic rings. The zero-order chi connectivity index (χ0) is 14.9. The van der Waals surface area contributed by atoms with Gasteiger partial charge in [-0.2, -0.15) is 0 Å². The van der Waals surface area contributed by atoms with Crippen LogP contribution in [-0.2, 0) is 6.42 Å². The van der Waals surface area contributed by atoms with E-state index in [0.717, 1.165) is 12.2 Å². The Morgan fingerprint density at radius 1 is 0.955 bits per heavy atom. The second kappa shape index (κ2) is 5.45. The fourth-order valence-corrected chi connectivity index (χ4v) is 3.60. The van der Waals surface area contributed by atoms with Crippen LogP contribution in [0.2, 0.25) is 0 Å². The third kappa shape index (κ3) is 2.45. The molecule has 1 fully saturated rings. The van der Waals surface area contributed by atoms with Gasteiger partial charge in [0.25, 0.3) is 0 Å². The van der Waals surface area contributed by atoms with E-state index in [9.17, 15) is 0 Å². The lowest BCUT2D eigenvalue weighted by molar-refractivity contribution is 0.514. The van der Waals surface area contributed by atoms with Gasteiger partial charge in [0.1, 0.15) is 5.76 Å². The third-order valence-electron chi connectivity index (χ3n) is 4.76. The molecule has 0 radical (unpaired) electrons. The molecule has 3 atom stereocenters. The molecule has 2 aromatic carbocycles. The van der Waals surface area contributed by atoms with Gasteiger partial charge in [0.05, 0.1) is 6.20 Å². The van der Waals surface area contributed by atoms with Crippen LogP contribution >= 0.6 is 0 Å². The van der Waals surface area contributed by atoms with E-state index in [2.05, 4.69) is 66.5 Å². The summed E-state index contributed by atoms with van der Waals surface area (Å²) in [4.78, 5) is 3.99. The third-order valence-corrected chi connectivity index (χ3v) is 4.76. The Morgan fingerprint density at radius 2 is 1.73 bits per heavy atom. The van der Waals surface area contributed by atoms with E-state index in [1.165, 1.54) is 23.1 Å². The average molecular weight is 289 g/mol. The van der Waals surface area contributed by atoms with Crippen LogP contribution in [0.4, 0.5) is 0 Å². The summed E-state index contributed by atoms with van der Waals surface area (Å²) >= 11 is 0. The molecule has 0 saturated heterocycles. The molecule has 0 amide bonds. The number of hydrogen-bond donors (Lipinski definition) is 0. The van der Waals surface area contributed by atoms with Crippen molar-refractivity contribution in [3.8, 4) is 0 Å². The van der Waals surface area contributed by atoms with Crippen LogP contribution in [0.25, 0.3) is 0 Å². The predicted molar refractivity (Wildman–Crippen MR) is 86.8 cm³/mol. The molecule has 0 spiro atoms. The summed E-state index contributed by atoms with van der Waals surface area (Å²) in [5.74, 6) is 2.92. The SMILES string of the molecule is CC1C(c2ccccc2)C1c1cccc(Cc2cnco2)c1. The summed E-state index contributed by atoms with van der Waals surface area (Å²) in [6.45, 7) is 2.35. The summed E-state index contributed by atoms with van der Waals surface area (Å²) < 4.78 is 5.35. The monoisotopic (exact) mass is 289 g/mol. The van der Waals surface area contributed by atoms with E-state index in [1.807, 2.05) is 0 Å². The highest BCUT2D eigenvalue weighted by Gasteiger charge is 2.48. The number of benzene rings is 2. The van der Waals surface area contributed by atoms with Crippen LogP contribution in [-0.4, -0.2) is 4.98 Å². The predicted octanol–water partition coefficient (Wildman–Crippen LogP) is 4.78. The van der Waals surface area contributed by atoms with Crippen LogP contribution in [0.1, 0.15) is 41.2 Å². The van der Waals surface area contributed by atoms with Crippen molar-refractivity contribution in [3.05, 3.63) is 89.6 Å². The van der Waals surface area contributed by atoms with Crippen LogP contribution < -0.4 is 0 Å². The molecule has 1 aromatic heterocycles. The fraction of sp³-hybridized carbons (Fsp3) is 0.250. The minimum atomic E-state index is 0.636. The van der Waals surface area contributed by atoms with Gasteiger partial charge < -0.3 is 4.42 Å². The number of rotatable bonds is 4. The molecule has 0 aliphatic heterocycles. The van der Waals surface area contributed by atoms with Crippen LogP contribution in [0.5, 0.6) is 0 Å². The molecule has 3 unspecified atom stereocenters. The van der Waals surface area contributed by atoms with E-state index < -0.39 is 0 Å². The lowest BCUT2D eigenvalue weighted by atomic mass is 10.0. The van der Waals surface area contributed by atoms with Crippen molar-refractivity contribution in [1.29, 1.82) is 0 Å². The van der Waals surface area contributed by atoms with E-state index in [0.29, 0.717) is 17.8 Å². The topological polar surface area (TPSA) is 26.0 Å². The number of oxazole rings is 1. The molecule has 4 rings (SSSR count). The molecule has 22 heavy (non-hydrogen) atoms. The maximum Gasteiger partial charge on any atom is 0.180 e. The van der Waals surface area contributed by atoms with Gasteiger partial charge in [0.2, 0.25) is 0 Å². The van der Waals surface area contributed by atoms with Crippen molar-refractivity contribution in [1.82, 2.24) is 4.98 Å². The van der Waals surface area contributed by atoms with Crippen molar-refractivity contribution >= 4 is 0 Å². The second-order valence-electron chi connectivity index (χ2n) is 6.21. The van der Waals surface area contributed by atoms with Crippen molar-refractivity contribution in [3.63, 3.8) is 0 Å². The number of aromatic nitrogens is 1. The van der Waals surface area contributed by atoms with Gasteiger partial charge in [0.15, 0.2) is 6.39 Å². The van der Waals surface area contributed by atoms with E-state index >= 15 is 0 Å². The van der Waals surface area contributed by atoms with Gasteiger partial charge in [-0.25, -0.2) is 4.98 Å². The summed E-state index contributed by atoms with van der Waals surface area (Å²) in [5, 5.41) is 0. The van der Waals surface area contributed by atoms with Crippen molar-refractivity contribution in [2.75, 3.05) is 0 Å². The van der Waals surface area contributed by atoms with Crippen LogP contribution in [0, 0.1) is 5.92 Å². The van der Waals surface area contributed by atoms with Crippen LogP contribution in [0.15, 0.2) is 71.6 Å². The summed E-state index contributed by atoms with van der Waals surface area (Å²) in [6.07, 6.45) is 4.09. The minimum absolute atomic E-state index is 0.636. The zero-order valence-electron chi connectivity index (χ0n) is 12.6. The van der Waals surface area contributed by atoms with E-state index in [1.54, 1.807) is 6.20 Å². The molecule has 0 bridgehead atoms. The van der Waals surface area contributed by atoms with Crippen molar-refractivity contribution < 1.29 is 4.42 Å². The van der Waals surface area contributed by atoms with Gasteiger partial charge in [-0.15, -0.1) is 0 Å². The first-order chi connectivity index (χ1) is 10.8. The molecule has 1 aliphatic rings. The molecule has 0 N–H and O–H groups in total. The average Bonchev–Trinajstić information content (AvgIpc) is 2.96. The molecule has 1 heterocycles. The highest BCUT2D eigenvalue weighted by Crippen LogP contribution is 2.60. The smallest absolute Gasteiger partial charge is 0.180 e. The van der Waals surface area contributed by atoms with E-state index in [-0.39, 0.29) is 0 Å². The Balaban J connectivity index is 1.56. The van der Waals surface area contributed by atoms with Crippen LogP contribution in [0.3, 0.4) is 0 Å². The second-order valence-corrected chi connectivity index (χ2v) is 6.21. The Kier molecular flexibility index (Phi) is 3.30. The first kappa shape index (κ1) is 13.3. The molecule has 1 saturated carbocycles. The fourth-order valence-electron chi connectivity index (χ4n) is 3.60. The molecule has 2 heteroatoms. The van der Waals surface area contributed by atoms with Gasteiger partial charge in [-0.05, 0) is 34.4 Å². The highest BCUT2D eigenvalue weighted by atomic mass is 16.3. The van der Waals surface area contributed by atoms with Crippen molar-refractivity contribution in [2.45, 2.75) is 25.2 Å². The quantitative estimate of drug-likeness (QED) is 0.690. The molecule has 2 nitrogen and oxygen atoms in total. The first-order valence-electron chi connectivity index (χ1n) is 7.84. The summed E-state index contributed by atoms with van der Waals surface area (Å²) in [5.41, 5.74) is 4.19. The Labute approximate surface area is 130 Å². The lowest BCUT2D eigenvalue weighted by Crippen LogP contribution is -1.90. The maximum atomic E-state index is 5.35. The summed E-state index contributed by atoms with van der Waals surface area (Å²) in [7, 11) is 0. The minimum Gasteiger partial charge on any atom is -0.448 e. The number of nitrogens with zero attached hydrogens (tertiary/aromatic N) is 1. The molecular weight excluding hydrogens is 270 g/mol. The largest absolute Gasteiger partial charge is 0.448 e. The Morgan fingerprint density at radius 3 is 2.50 bits per heavy atom. The van der Waals surface area contributed by atoms with E-state index in [4.69, 9.17) is 4.42 Å². The normalized spacial score (nSPS) is 23.4. The number of hydrogen-bond acceptors (Lipinski definition) is 2. The first-order valence-corrected chi connectivity index (χ1v) is 7.84. The maximum absolute atomic E-state index is 5.35. The standard InChI is InChI=1S/C20H19NO/c1-14-19(16-7-3-2-4-8-16)20(14)17-9-5-6-15(10-17)11-18-12-21-13-22-18/h2-10,12-14,19-20H,11H2,1H3. The summed E-state index contributed by atoms with van der Waals surface area (Å²) in [6, 6.07) is 19.8. The van der Waals surface area contributed by atoms with Crippen molar-refractivity contribution in [2.24, 2.45) is 5.92 Å². The Hall–Kier alpha value is -2.35. The highest BCUT2D eigenvalue weighted by molar-refractivity contribution is 5.40. The van der Waals surface area contributed by atoms with Gasteiger partial charge >= 0.3 is 0 Å². The molecular formula is C20H19NO.